The Morgan fingerprint density at radius 3 is 3.00 bits per heavy atom. The van der Waals surface area contributed by atoms with Crippen molar-refractivity contribution in [2.24, 2.45) is 0 Å². The van der Waals surface area contributed by atoms with Crippen molar-refractivity contribution >= 4 is 18.0 Å². The summed E-state index contributed by atoms with van der Waals surface area (Å²) >= 11 is 0. The highest BCUT2D eigenvalue weighted by Gasteiger charge is 1.91. The summed E-state index contributed by atoms with van der Waals surface area (Å²) in [7, 11) is 0. The fourth-order valence-electron chi connectivity index (χ4n) is 0.700. The number of nitrogen functional groups attached to an aromatic ring is 1. The number of aldehydes is 1. The lowest BCUT2D eigenvalue weighted by atomic mass is 10.3. The van der Waals surface area contributed by atoms with Gasteiger partial charge < -0.3 is 5.73 Å². The van der Waals surface area contributed by atoms with Crippen molar-refractivity contribution < 1.29 is 4.79 Å². The first kappa shape index (κ1) is 7.47. The lowest BCUT2D eigenvalue weighted by Gasteiger charge is -1.94. The molecular formula is C8H8N2O. The number of allylic oxidation sites excluding steroid dienone is 1. The zero-order valence-electron chi connectivity index (χ0n) is 5.90. The van der Waals surface area contributed by atoms with Gasteiger partial charge in [0.25, 0.3) is 0 Å². The van der Waals surface area contributed by atoms with E-state index in [0.29, 0.717) is 17.7 Å². The Morgan fingerprint density at radius 2 is 2.36 bits per heavy atom. The average molecular weight is 148 g/mol. The molecule has 1 heterocycles. The van der Waals surface area contributed by atoms with Gasteiger partial charge in [0.15, 0.2) is 0 Å². The van der Waals surface area contributed by atoms with Gasteiger partial charge in [-0.25, -0.2) is 0 Å². The third-order valence-corrected chi connectivity index (χ3v) is 1.20. The zero-order valence-corrected chi connectivity index (χ0v) is 5.90. The molecule has 56 valence electrons. The number of pyridine rings is 1. The van der Waals surface area contributed by atoms with E-state index < -0.39 is 0 Å². The van der Waals surface area contributed by atoms with E-state index in [1.807, 2.05) is 0 Å². The molecule has 0 bridgehead atoms. The van der Waals surface area contributed by atoms with E-state index in [2.05, 4.69) is 4.98 Å². The molecule has 0 aromatic carbocycles. The molecule has 2 N–H and O–H groups in total. The second-order valence-electron chi connectivity index (χ2n) is 1.97. The van der Waals surface area contributed by atoms with Crippen molar-refractivity contribution in [3.8, 4) is 0 Å². The maximum Gasteiger partial charge on any atom is 0.142 e. The quantitative estimate of drug-likeness (QED) is 0.500. The Balaban J connectivity index is 2.94. The molecule has 0 aliphatic carbocycles. The number of anilines is 1. The smallest absolute Gasteiger partial charge is 0.142 e. The number of hydrogen-bond acceptors (Lipinski definition) is 3. The summed E-state index contributed by atoms with van der Waals surface area (Å²) in [5.41, 5.74) is 6.73. The highest BCUT2D eigenvalue weighted by molar-refractivity contribution is 5.75. The predicted molar refractivity (Wildman–Crippen MR) is 43.7 cm³/mol. The van der Waals surface area contributed by atoms with E-state index in [4.69, 9.17) is 5.73 Å². The van der Waals surface area contributed by atoms with Crippen molar-refractivity contribution in [2.45, 2.75) is 0 Å². The Kier molecular flexibility index (Phi) is 2.38. The molecule has 0 saturated carbocycles. The molecule has 0 atom stereocenters. The molecule has 1 aromatic heterocycles. The lowest BCUT2D eigenvalue weighted by molar-refractivity contribution is -0.104. The van der Waals surface area contributed by atoms with E-state index in [9.17, 15) is 4.79 Å². The van der Waals surface area contributed by atoms with E-state index in [-0.39, 0.29) is 0 Å². The molecule has 0 aliphatic rings. The maximum absolute atomic E-state index is 9.93. The maximum atomic E-state index is 9.93. The SMILES string of the molecule is Nc1cccnc1C=CC=O. The van der Waals surface area contributed by atoms with Crippen molar-refractivity contribution in [3.05, 3.63) is 30.1 Å². The van der Waals surface area contributed by atoms with Crippen LogP contribution in [0.4, 0.5) is 5.69 Å². The van der Waals surface area contributed by atoms with E-state index in [0.717, 1.165) is 0 Å². The third kappa shape index (κ3) is 1.89. The van der Waals surface area contributed by atoms with Crippen molar-refractivity contribution in [2.75, 3.05) is 5.73 Å². The average Bonchev–Trinajstić information content (AvgIpc) is 2.03. The fraction of sp³-hybridized carbons (Fsp3) is 0. The highest BCUT2D eigenvalue weighted by atomic mass is 16.1. The molecule has 0 unspecified atom stereocenters. The van der Waals surface area contributed by atoms with Crippen LogP contribution < -0.4 is 5.73 Å². The Labute approximate surface area is 64.6 Å². The monoisotopic (exact) mass is 148 g/mol. The highest BCUT2D eigenvalue weighted by Crippen LogP contribution is 2.07. The first-order valence-corrected chi connectivity index (χ1v) is 3.17. The van der Waals surface area contributed by atoms with Crippen LogP contribution >= 0.6 is 0 Å². The molecule has 0 amide bonds. The van der Waals surface area contributed by atoms with Crippen LogP contribution in [0.3, 0.4) is 0 Å². The number of carbonyl (C=O) groups excluding carboxylic acids is 1. The number of nitrogens with two attached hydrogens (primary N) is 1. The number of rotatable bonds is 2. The van der Waals surface area contributed by atoms with Crippen LogP contribution in [0.2, 0.25) is 0 Å². The minimum atomic E-state index is 0.575. The first-order chi connectivity index (χ1) is 5.34. The summed E-state index contributed by atoms with van der Waals surface area (Å²) < 4.78 is 0. The lowest BCUT2D eigenvalue weighted by Crippen LogP contribution is -1.90. The van der Waals surface area contributed by atoms with Crippen LogP contribution in [0.25, 0.3) is 6.08 Å². The van der Waals surface area contributed by atoms with Crippen molar-refractivity contribution in [1.82, 2.24) is 4.98 Å². The molecule has 1 rings (SSSR count). The molecule has 0 fully saturated rings. The summed E-state index contributed by atoms with van der Waals surface area (Å²) in [4.78, 5) is 13.9. The van der Waals surface area contributed by atoms with Gasteiger partial charge in [0.2, 0.25) is 0 Å². The van der Waals surface area contributed by atoms with Gasteiger partial charge in [0.1, 0.15) is 6.29 Å². The standard InChI is InChI=1S/C8H8N2O/c9-7-3-1-5-10-8(7)4-2-6-11/h1-6H,9H2. The third-order valence-electron chi connectivity index (χ3n) is 1.20. The van der Waals surface area contributed by atoms with Crippen LogP contribution in [0.1, 0.15) is 5.69 Å². The number of carbonyl (C=O) groups is 1. The number of hydrogen-bond donors (Lipinski definition) is 1. The minimum absolute atomic E-state index is 0.575. The van der Waals surface area contributed by atoms with E-state index in [1.54, 1.807) is 24.4 Å². The van der Waals surface area contributed by atoms with Gasteiger partial charge in [-0.3, -0.25) is 9.78 Å². The Morgan fingerprint density at radius 1 is 1.55 bits per heavy atom. The Bertz CT molecular complexity index is 281. The van der Waals surface area contributed by atoms with E-state index in [1.165, 1.54) is 6.08 Å². The molecule has 3 nitrogen and oxygen atoms in total. The molecule has 0 saturated heterocycles. The first-order valence-electron chi connectivity index (χ1n) is 3.17. The summed E-state index contributed by atoms with van der Waals surface area (Å²) in [6.45, 7) is 0. The number of aromatic nitrogens is 1. The largest absolute Gasteiger partial charge is 0.397 e. The summed E-state index contributed by atoms with van der Waals surface area (Å²) in [6, 6.07) is 3.48. The van der Waals surface area contributed by atoms with Gasteiger partial charge >= 0.3 is 0 Å². The second-order valence-corrected chi connectivity index (χ2v) is 1.97. The normalized spacial score (nSPS) is 10.2. The molecule has 1 aromatic rings. The van der Waals surface area contributed by atoms with Crippen LogP contribution in [-0.4, -0.2) is 11.3 Å². The van der Waals surface area contributed by atoms with Crippen LogP contribution in [0.15, 0.2) is 24.4 Å². The summed E-state index contributed by atoms with van der Waals surface area (Å²) in [5, 5.41) is 0. The van der Waals surface area contributed by atoms with Gasteiger partial charge in [0.05, 0.1) is 11.4 Å². The molecule has 11 heavy (non-hydrogen) atoms. The van der Waals surface area contributed by atoms with Gasteiger partial charge in [-0.05, 0) is 24.3 Å². The zero-order chi connectivity index (χ0) is 8.10. The van der Waals surface area contributed by atoms with Crippen LogP contribution in [-0.2, 0) is 4.79 Å². The molecular weight excluding hydrogens is 140 g/mol. The summed E-state index contributed by atoms with van der Waals surface area (Å²) in [5.74, 6) is 0. The van der Waals surface area contributed by atoms with Gasteiger partial charge in [0, 0.05) is 6.20 Å². The molecule has 0 radical (unpaired) electrons. The fourth-order valence-corrected chi connectivity index (χ4v) is 0.700. The topological polar surface area (TPSA) is 56.0 Å². The Hall–Kier alpha value is -1.64. The molecule has 0 aliphatic heterocycles. The minimum Gasteiger partial charge on any atom is -0.397 e. The van der Waals surface area contributed by atoms with Crippen LogP contribution in [0.5, 0.6) is 0 Å². The van der Waals surface area contributed by atoms with Gasteiger partial charge in [-0.15, -0.1) is 0 Å². The second kappa shape index (κ2) is 3.51. The van der Waals surface area contributed by atoms with Gasteiger partial charge in [-0.1, -0.05) is 0 Å². The van der Waals surface area contributed by atoms with Crippen molar-refractivity contribution in [3.63, 3.8) is 0 Å². The van der Waals surface area contributed by atoms with Gasteiger partial charge in [-0.2, -0.15) is 0 Å². The summed E-state index contributed by atoms with van der Waals surface area (Å²) in [6.07, 6.45) is 5.25. The predicted octanol–water partition coefficient (Wildman–Crippen LogP) is 0.876. The van der Waals surface area contributed by atoms with E-state index >= 15 is 0 Å². The van der Waals surface area contributed by atoms with Crippen molar-refractivity contribution in [1.29, 1.82) is 0 Å². The molecule has 3 heteroatoms. The number of nitrogens with zero attached hydrogens (tertiary/aromatic N) is 1. The molecule has 0 spiro atoms. The van der Waals surface area contributed by atoms with Crippen LogP contribution in [0, 0.1) is 0 Å².